The standard InChI is InChI=1S/C11H23N3O2/c1-9-7-14(8-11(2,3)16-9)6-4-5-10(12)13-15/h9,15H,4-8H2,1-3H3,(H2,12,13). The molecule has 1 heterocycles. The third-order valence-corrected chi connectivity index (χ3v) is 2.68. The number of hydrogen-bond donors (Lipinski definition) is 2. The van der Waals surface area contributed by atoms with Gasteiger partial charge >= 0.3 is 0 Å². The molecule has 1 unspecified atom stereocenters. The van der Waals surface area contributed by atoms with Crippen LogP contribution < -0.4 is 5.73 Å². The SMILES string of the molecule is CC1CN(CCCC(N)=NO)CC(C)(C)O1. The molecule has 0 saturated carbocycles. The monoisotopic (exact) mass is 229 g/mol. The van der Waals surface area contributed by atoms with Crippen molar-refractivity contribution in [2.45, 2.75) is 45.3 Å². The molecule has 0 aliphatic carbocycles. The second-order valence-corrected chi connectivity index (χ2v) is 5.12. The summed E-state index contributed by atoms with van der Waals surface area (Å²) in [5.74, 6) is 0.306. The molecule has 5 heteroatoms. The normalized spacial score (nSPS) is 26.9. The maximum Gasteiger partial charge on any atom is 0.139 e. The van der Waals surface area contributed by atoms with Gasteiger partial charge in [-0.1, -0.05) is 5.16 Å². The maximum atomic E-state index is 8.43. The van der Waals surface area contributed by atoms with Crippen molar-refractivity contribution >= 4 is 5.84 Å². The highest BCUT2D eigenvalue weighted by Crippen LogP contribution is 2.20. The summed E-state index contributed by atoms with van der Waals surface area (Å²) in [5.41, 5.74) is 5.35. The molecule has 1 aliphatic rings. The Labute approximate surface area is 97.2 Å². The molecule has 0 radical (unpaired) electrons. The van der Waals surface area contributed by atoms with E-state index in [-0.39, 0.29) is 11.7 Å². The highest BCUT2D eigenvalue weighted by molar-refractivity contribution is 5.79. The van der Waals surface area contributed by atoms with Crippen molar-refractivity contribution < 1.29 is 9.94 Å². The van der Waals surface area contributed by atoms with E-state index in [1.54, 1.807) is 0 Å². The molecule has 5 nitrogen and oxygen atoms in total. The van der Waals surface area contributed by atoms with Crippen molar-refractivity contribution in [3.05, 3.63) is 0 Å². The quantitative estimate of drug-likeness (QED) is 0.327. The molecule has 0 amide bonds. The average molecular weight is 229 g/mol. The van der Waals surface area contributed by atoms with Crippen molar-refractivity contribution in [3.63, 3.8) is 0 Å². The molecule has 16 heavy (non-hydrogen) atoms. The lowest BCUT2D eigenvalue weighted by molar-refractivity contribution is -0.128. The predicted octanol–water partition coefficient (Wildman–Crippen LogP) is 1.01. The molecule has 1 saturated heterocycles. The highest BCUT2D eigenvalue weighted by Gasteiger charge is 2.30. The van der Waals surface area contributed by atoms with Gasteiger partial charge in [-0.15, -0.1) is 0 Å². The smallest absolute Gasteiger partial charge is 0.139 e. The van der Waals surface area contributed by atoms with Gasteiger partial charge in [-0.2, -0.15) is 0 Å². The van der Waals surface area contributed by atoms with E-state index in [1.807, 2.05) is 0 Å². The summed E-state index contributed by atoms with van der Waals surface area (Å²) < 4.78 is 5.82. The van der Waals surface area contributed by atoms with Crippen molar-refractivity contribution in [1.29, 1.82) is 0 Å². The summed E-state index contributed by atoms with van der Waals surface area (Å²) in [4.78, 5) is 2.37. The third kappa shape index (κ3) is 4.37. The van der Waals surface area contributed by atoms with Gasteiger partial charge in [0.2, 0.25) is 0 Å². The van der Waals surface area contributed by atoms with Crippen molar-refractivity contribution in [2.75, 3.05) is 19.6 Å². The Kier molecular flexibility index (Phi) is 4.56. The van der Waals surface area contributed by atoms with Gasteiger partial charge in [-0.05, 0) is 33.7 Å². The van der Waals surface area contributed by atoms with Crippen LogP contribution in [0.3, 0.4) is 0 Å². The summed E-state index contributed by atoms with van der Waals surface area (Å²) in [6.45, 7) is 9.18. The minimum Gasteiger partial charge on any atom is -0.409 e. The molecule has 1 fully saturated rings. The van der Waals surface area contributed by atoms with Gasteiger partial charge in [0.25, 0.3) is 0 Å². The number of rotatable bonds is 4. The van der Waals surface area contributed by atoms with Crippen LogP contribution in [0, 0.1) is 0 Å². The summed E-state index contributed by atoms with van der Waals surface area (Å²) in [6, 6.07) is 0. The van der Waals surface area contributed by atoms with E-state index in [1.165, 1.54) is 0 Å². The van der Waals surface area contributed by atoms with E-state index in [2.05, 4.69) is 30.8 Å². The largest absolute Gasteiger partial charge is 0.409 e. The Bertz CT molecular complexity index is 254. The molecule has 1 atom stereocenters. The second kappa shape index (κ2) is 5.50. The Morgan fingerprint density at radius 2 is 2.31 bits per heavy atom. The summed E-state index contributed by atoms with van der Waals surface area (Å²) in [6.07, 6.45) is 1.83. The zero-order chi connectivity index (χ0) is 12.2. The first-order valence-corrected chi connectivity index (χ1v) is 5.79. The number of amidine groups is 1. The summed E-state index contributed by atoms with van der Waals surface area (Å²) >= 11 is 0. The van der Waals surface area contributed by atoms with Crippen LogP contribution in [0.2, 0.25) is 0 Å². The van der Waals surface area contributed by atoms with Gasteiger partial charge in [0, 0.05) is 19.5 Å². The van der Waals surface area contributed by atoms with Crippen LogP contribution >= 0.6 is 0 Å². The lowest BCUT2D eigenvalue weighted by Gasteiger charge is -2.41. The molecule has 94 valence electrons. The molecule has 1 aliphatic heterocycles. The fourth-order valence-electron chi connectivity index (χ4n) is 2.29. The lowest BCUT2D eigenvalue weighted by atomic mass is 10.1. The number of morpholine rings is 1. The minimum absolute atomic E-state index is 0.0751. The van der Waals surface area contributed by atoms with Crippen LogP contribution in [-0.4, -0.2) is 47.3 Å². The lowest BCUT2D eigenvalue weighted by Crippen LogP contribution is -2.52. The molecule has 0 aromatic rings. The van der Waals surface area contributed by atoms with E-state index < -0.39 is 0 Å². The molecule has 3 N–H and O–H groups in total. The van der Waals surface area contributed by atoms with Gasteiger partial charge in [0.15, 0.2) is 0 Å². The van der Waals surface area contributed by atoms with Crippen molar-refractivity contribution in [1.82, 2.24) is 4.90 Å². The van der Waals surface area contributed by atoms with Crippen LogP contribution in [0.4, 0.5) is 0 Å². The van der Waals surface area contributed by atoms with E-state index in [0.717, 1.165) is 26.1 Å². The van der Waals surface area contributed by atoms with Gasteiger partial charge in [-0.3, -0.25) is 4.90 Å². The third-order valence-electron chi connectivity index (χ3n) is 2.68. The van der Waals surface area contributed by atoms with Gasteiger partial charge in [0.1, 0.15) is 5.84 Å². The number of ether oxygens (including phenoxy) is 1. The van der Waals surface area contributed by atoms with Gasteiger partial charge in [0.05, 0.1) is 11.7 Å². The Morgan fingerprint density at radius 1 is 1.62 bits per heavy atom. The highest BCUT2D eigenvalue weighted by atomic mass is 16.5. The summed E-state index contributed by atoms with van der Waals surface area (Å²) in [5, 5.41) is 11.4. The van der Waals surface area contributed by atoms with Crippen LogP contribution in [0.15, 0.2) is 5.16 Å². The van der Waals surface area contributed by atoms with Crippen LogP contribution in [0.5, 0.6) is 0 Å². The van der Waals surface area contributed by atoms with Crippen LogP contribution in [0.25, 0.3) is 0 Å². The summed E-state index contributed by atoms with van der Waals surface area (Å²) in [7, 11) is 0. The Morgan fingerprint density at radius 3 is 2.88 bits per heavy atom. The topological polar surface area (TPSA) is 71.1 Å². The fourth-order valence-corrected chi connectivity index (χ4v) is 2.29. The second-order valence-electron chi connectivity index (χ2n) is 5.12. The molecule has 0 aromatic heterocycles. The zero-order valence-corrected chi connectivity index (χ0v) is 10.4. The Hall–Kier alpha value is -0.810. The van der Waals surface area contributed by atoms with Gasteiger partial charge in [-0.25, -0.2) is 0 Å². The van der Waals surface area contributed by atoms with Gasteiger partial charge < -0.3 is 15.7 Å². The van der Waals surface area contributed by atoms with E-state index in [4.69, 9.17) is 15.7 Å². The first kappa shape index (κ1) is 13.3. The molecule has 1 rings (SSSR count). The van der Waals surface area contributed by atoms with Crippen molar-refractivity contribution in [2.24, 2.45) is 10.9 Å². The molecular weight excluding hydrogens is 206 g/mol. The molecule has 0 aromatic carbocycles. The maximum absolute atomic E-state index is 8.43. The van der Waals surface area contributed by atoms with Crippen LogP contribution in [-0.2, 0) is 4.74 Å². The Balaban J connectivity index is 2.31. The fraction of sp³-hybridized carbons (Fsp3) is 0.909. The molecule has 0 spiro atoms. The van der Waals surface area contributed by atoms with Crippen LogP contribution in [0.1, 0.15) is 33.6 Å². The first-order chi connectivity index (χ1) is 7.43. The van der Waals surface area contributed by atoms with E-state index in [0.29, 0.717) is 12.3 Å². The first-order valence-electron chi connectivity index (χ1n) is 5.79. The molecule has 0 bridgehead atoms. The molecular formula is C11H23N3O2. The number of oxime groups is 1. The minimum atomic E-state index is -0.0751. The number of nitrogens with two attached hydrogens (primary N) is 1. The van der Waals surface area contributed by atoms with E-state index in [9.17, 15) is 0 Å². The van der Waals surface area contributed by atoms with Crippen molar-refractivity contribution in [3.8, 4) is 0 Å². The predicted molar refractivity (Wildman–Crippen MR) is 63.7 cm³/mol. The van der Waals surface area contributed by atoms with E-state index >= 15 is 0 Å². The number of nitrogens with zero attached hydrogens (tertiary/aromatic N) is 2. The number of hydrogen-bond acceptors (Lipinski definition) is 4. The average Bonchev–Trinajstić information content (AvgIpc) is 2.14. The zero-order valence-electron chi connectivity index (χ0n) is 10.4.